The van der Waals surface area contributed by atoms with Crippen molar-refractivity contribution < 1.29 is 19.6 Å². The van der Waals surface area contributed by atoms with Crippen molar-refractivity contribution in [2.24, 2.45) is 0 Å². The van der Waals surface area contributed by atoms with Gasteiger partial charge >= 0.3 is 11.7 Å². The Bertz CT molecular complexity index is 639. The van der Waals surface area contributed by atoms with Gasteiger partial charge in [-0.25, -0.2) is 9.78 Å². The number of carboxylic acid groups (broad SMARTS) is 1. The zero-order valence-electron chi connectivity index (χ0n) is 11.0. The summed E-state index contributed by atoms with van der Waals surface area (Å²) >= 11 is 0. The fourth-order valence-electron chi connectivity index (χ4n) is 1.76. The minimum Gasteiger partial charge on any atom is -0.487 e. The van der Waals surface area contributed by atoms with Crippen molar-refractivity contribution in [1.82, 2.24) is 9.55 Å². The van der Waals surface area contributed by atoms with Crippen molar-refractivity contribution in [3.63, 3.8) is 0 Å². The molecular weight excluding hydrogens is 278 g/mol. The van der Waals surface area contributed by atoms with Gasteiger partial charge in [0.1, 0.15) is 0 Å². The molecule has 0 aliphatic carbocycles. The lowest BCUT2D eigenvalue weighted by molar-refractivity contribution is -0.385. The van der Waals surface area contributed by atoms with E-state index in [4.69, 9.17) is 9.84 Å². The molecule has 0 atom stereocenters. The highest BCUT2D eigenvalue weighted by molar-refractivity contribution is 5.88. The van der Waals surface area contributed by atoms with Crippen LogP contribution in [0.4, 0.5) is 5.69 Å². The number of benzene rings is 1. The number of aromatic nitrogens is 2. The molecule has 1 heterocycles. The van der Waals surface area contributed by atoms with Crippen LogP contribution in [0.15, 0.2) is 36.9 Å². The zero-order chi connectivity index (χ0) is 15.2. The normalized spacial score (nSPS) is 10.3. The number of nitrogens with zero attached hydrogens (tertiary/aromatic N) is 3. The van der Waals surface area contributed by atoms with E-state index < -0.39 is 10.9 Å². The van der Waals surface area contributed by atoms with Gasteiger partial charge in [0.2, 0.25) is 0 Å². The van der Waals surface area contributed by atoms with Crippen molar-refractivity contribution in [3.05, 3.63) is 52.6 Å². The maximum absolute atomic E-state index is 10.9. The van der Waals surface area contributed by atoms with Crippen LogP contribution in [-0.2, 0) is 6.54 Å². The fourth-order valence-corrected chi connectivity index (χ4v) is 1.76. The number of aromatic carboxylic acids is 1. The number of nitro benzene ring substituents is 1. The number of hydrogen-bond donors (Lipinski definition) is 1. The Morgan fingerprint density at radius 1 is 1.48 bits per heavy atom. The lowest BCUT2D eigenvalue weighted by atomic mass is 10.2. The minimum absolute atomic E-state index is 0.0365. The minimum atomic E-state index is -1.16. The first kappa shape index (κ1) is 14.5. The van der Waals surface area contributed by atoms with Crippen LogP contribution in [0.3, 0.4) is 0 Å². The van der Waals surface area contributed by atoms with Gasteiger partial charge in [0.15, 0.2) is 5.75 Å². The first-order valence-corrected chi connectivity index (χ1v) is 6.18. The van der Waals surface area contributed by atoms with E-state index >= 15 is 0 Å². The van der Waals surface area contributed by atoms with Crippen LogP contribution < -0.4 is 4.74 Å². The maximum atomic E-state index is 10.9. The molecule has 0 spiro atoms. The van der Waals surface area contributed by atoms with Crippen LogP contribution >= 0.6 is 0 Å². The summed E-state index contributed by atoms with van der Waals surface area (Å²) in [6.07, 6.45) is 5.73. The van der Waals surface area contributed by atoms with Gasteiger partial charge in [-0.2, -0.15) is 0 Å². The third-order valence-electron chi connectivity index (χ3n) is 2.78. The Labute approximate surface area is 119 Å². The molecule has 1 aromatic heterocycles. The molecular formula is C13H13N3O5. The standard InChI is InChI=1S/C13H13N3O5/c17-13(18)10-2-3-11(16(19)20)12(8-10)21-7-1-5-15-6-4-14-9-15/h2-4,6,8-9H,1,5,7H2,(H,17,18). The van der Waals surface area contributed by atoms with Gasteiger partial charge in [-0.15, -0.1) is 0 Å². The molecule has 1 N–H and O–H groups in total. The number of carbonyl (C=O) groups is 1. The van der Waals surface area contributed by atoms with E-state index in [0.717, 1.165) is 12.1 Å². The predicted octanol–water partition coefficient (Wildman–Crippen LogP) is 1.96. The summed E-state index contributed by atoms with van der Waals surface area (Å²) in [5.74, 6) is -1.20. The molecule has 1 aromatic carbocycles. The number of carboxylic acids is 1. The van der Waals surface area contributed by atoms with Crippen molar-refractivity contribution in [2.75, 3.05) is 6.61 Å². The van der Waals surface area contributed by atoms with Gasteiger partial charge in [0.05, 0.1) is 23.4 Å². The van der Waals surface area contributed by atoms with E-state index in [9.17, 15) is 14.9 Å². The molecule has 110 valence electrons. The van der Waals surface area contributed by atoms with E-state index in [-0.39, 0.29) is 23.6 Å². The summed E-state index contributed by atoms with van der Waals surface area (Å²) in [6.45, 7) is 0.897. The Hall–Kier alpha value is -2.90. The lowest BCUT2D eigenvalue weighted by Crippen LogP contribution is -2.06. The predicted molar refractivity (Wildman–Crippen MR) is 72.4 cm³/mol. The van der Waals surface area contributed by atoms with E-state index in [1.165, 1.54) is 6.07 Å². The van der Waals surface area contributed by atoms with Crippen LogP contribution in [0.2, 0.25) is 0 Å². The van der Waals surface area contributed by atoms with Crippen molar-refractivity contribution in [3.8, 4) is 5.75 Å². The van der Waals surface area contributed by atoms with Crippen LogP contribution in [0.5, 0.6) is 5.75 Å². The molecule has 0 unspecified atom stereocenters. The molecule has 0 bridgehead atoms. The molecule has 8 heteroatoms. The molecule has 2 rings (SSSR count). The maximum Gasteiger partial charge on any atom is 0.335 e. The molecule has 0 aliphatic heterocycles. The monoisotopic (exact) mass is 291 g/mol. The quantitative estimate of drug-likeness (QED) is 0.474. The van der Waals surface area contributed by atoms with Crippen LogP contribution in [0, 0.1) is 10.1 Å². The highest BCUT2D eigenvalue weighted by atomic mass is 16.6. The summed E-state index contributed by atoms with van der Waals surface area (Å²) in [4.78, 5) is 25.1. The number of ether oxygens (including phenoxy) is 1. The Morgan fingerprint density at radius 3 is 2.90 bits per heavy atom. The van der Waals surface area contributed by atoms with Gasteiger partial charge in [-0.05, 0) is 12.5 Å². The molecule has 0 aliphatic rings. The summed E-state index contributed by atoms with van der Waals surface area (Å²) in [5.41, 5.74) is -0.298. The van der Waals surface area contributed by atoms with E-state index in [1.807, 2.05) is 4.57 Å². The highest BCUT2D eigenvalue weighted by Crippen LogP contribution is 2.28. The van der Waals surface area contributed by atoms with Gasteiger partial charge in [-0.1, -0.05) is 0 Å². The molecule has 8 nitrogen and oxygen atoms in total. The molecule has 0 saturated heterocycles. The summed E-state index contributed by atoms with van der Waals surface area (Å²) < 4.78 is 7.20. The summed E-state index contributed by atoms with van der Waals surface area (Å²) in [6, 6.07) is 3.48. The SMILES string of the molecule is O=C(O)c1ccc([N+](=O)[O-])c(OCCCn2ccnc2)c1. The smallest absolute Gasteiger partial charge is 0.335 e. The van der Waals surface area contributed by atoms with E-state index in [2.05, 4.69) is 4.98 Å². The van der Waals surface area contributed by atoms with Gasteiger partial charge in [0.25, 0.3) is 0 Å². The molecule has 0 saturated carbocycles. The molecule has 21 heavy (non-hydrogen) atoms. The van der Waals surface area contributed by atoms with Crippen LogP contribution in [0.25, 0.3) is 0 Å². The van der Waals surface area contributed by atoms with Crippen LogP contribution in [-0.4, -0.2) is 32.2 Å². The van der Waals surface area contributed by atoms with Crippen LogP contribution in [0.1, 0.15) is 16.8 Å². The zero-order valence-corrected chi connectivity index (χ0v) is 11.0. The third-order valence-corrected chi connectivity index (χ3v) is 2.78. The molecule has 2 aromatic rings. The number of nitro groups is 1. The van der Waals surface area contributed by atoms with Crippen molar-refractivity contribution in [1.29, 1.82) is 0 Å². The number of rotatable bonds is 7. The van der Waals surface area contributed by atoms with Crippen molar-refractivity contribution in [2.45, 2.75) is 13.0 Å². The number of aryl methyl sites for hydroxylation is 1. The Balaban J connectivity index is 2.01. The third kappa shape index (κ3) is 3.78. The number of hydrogen-bond acceptors (Lipinski definition) is 5. The van der Waals surface area contributed by atoms with Crippen molar-refractivity contribution >= 4 is 11.7 Å². The van der Waals surface area contributed by atoms with E-state index in [0.29, 0.717) is 13.0 Å². The Kier molecular flexibility index (Phi) is 4.50. The van der Waals surface area contributed by atoms with Gasteiger partial charge in [0, 0.05) is 31.1 Å². The van der Waals surface area contributed by atoms with Gasteiger partial charge < -0.3 is 14.4 Å². The largest absolute Gasteiger partial charge is 0.487 e. The average Bonchev–Trinajstić information content (AvgIpc) is 2.96. The second-order valence-electron chi connectivity index (χ2n) is 4.25. The fraction of sp³-hybridized carbons (Fsp3) is 0.231. The average molecular weight is 291 g/mol. The second-order valence-corrected chi connectivity index (χ2v) is 4.25. The topological polar surface area (TPSA) is 107 Å². The molecule has 0 fully saturated rings. The summed E-state index contributed by atoms with van der Waals surface area (Å²) in [7, 11) is 0. The number of imidazole rings is 1. The molecule has 0 radical (unpaired) electrons. The first-order chi connectivity index (χ1) is 10.1. The molecule has 0 amide bonds. The van der Waals surface area contributed by atoms with E-state index in [1.54, 1.807) is 18.7 Å². The first-order valence-electron chi connectivity index (χ1n) is 6.18. The summed E-state index contributed by atoms with van der Waals surface area (Å²) in [5, 5.41) is 19.8. The van der Waals surface area contributed by atoms with Gasteiger partial charge in [-0.3, -0.25) is 10.1 Å². The second kappa shape index (κ2) is 6.51. The lowest BCUT2D eigenvalue weighted by Gasteiger charge is -2.08. The highest BCUT2D eigenvalue weighted by Gasteiger charge is 2.17. The Morgan fingerprint density at radius 2 is 2.29 bits per heavy atom.